The number of aromatic nitrogens is 1. The summed E-state index contributed by atoms with van der Waals surface area (Å²) in [6, 6.07) is 2.84. The summed E-state index contributed by atoms with van der Waals surface area (Å²) in [5.74, 6) is 0. The second-order valence-corrected chi connectivity index (χ2v) is 2.45. The Kier molecular flexibility index (Phi) is 2.35. The van der Waals surface area contributed by atoms with Gasteiger partial charge in [0, 0.05) is 11.9 Å². The van der Waals surface area contributed by atoms with Crippen molar-refractivity contribution in [1.29, 1.82) is 0 Å². The highest BCUT2D eigenvalue weighted by Crippen LogP contribution is 2.19. The zero-order chi connectivity index (χ0) is 9.19. The Balaban J connectivity index is 2.71. The maximum absolute atomic E-state index is 11.8. The van der Waals surface area contributed by atoms with Crippen molar-refractivity contribution in [2.24, 2.45) is 0 Å². The number of hydrogen-bond donors (Lipinski definition) is 0. The monoisotopic (exact) mass is 174 g/mol. The molecule has 0 amide bonds. The quantitative estimate of drug-likeness (QED) is 0.636. The molecule has 1 aromatic rings. The average molecular weight is 174 g/mol. The molecular formula is C8H7F3N. The van der Waals surface area contributed by atoms with Gasteiger partial charge in [0.05, 0.1) is 6.42 Å². The SMILES string of the molecule is [CH2]c1ccc(CC(F)(F)F)nc1. The van der Waals surface area contributed by atoms with E-state index in [1.807, 2.05) is 0 Å². The lowest BCUT2D eigenvalue weighted by Crippen LogP contribution is -2.12. The molecule has 1 radical (unpaired) electrons. The van der Waals surface area contributed by atoms with Crippen molar-refractivity contribution in [3.8, 4) is 0 Å². The molecule has 1 heterocycles. The summed E-state index contributed by atoms with van der Waals surface area (Å²) in [6.45, 7) is 3.51. The second kappa shape index (κ2) is 3.13. The molecule has 0 atom stereocenters. The molecule has 0 aromatic carbocycles. The summed E-state index contributed by atoms with van der Waals surface area (Å²) in [5, 5.41) is 0. The molecule has 0 spiro atoms. The van der Waals surface area contributed by atoms with E-state index in [2.05, 4.69) is 11.9 Å². The van der Waals surface area contributed by atoms with E-state index in [1.54, 1.807) is 0 Å². The van der Waals surface area contributed by atoms with Crippen LogP contribution >= 0.6 is 0 Å². The Morgan fingerprint density at radius 3 is 2.42 bits per heavy atom. The van der Waals surface area contributed by atoms with Gasteiger partial charge in [-0.15, -0.1) is 0 Å². The van der Waals surface area contributed by atoms with Crippen LogP contribution in [0.2, 0.25) is 0 Å². The molecule has 0 saturated carbocycles. The predicted molar refractivity (Wildman–Crippen MR) is 38.5 cm³/mol. The third-order valence-electron chi connectivity index (χ3n) is 1.27. The average Bonchev–Trinajstić information content (AvgIpc) is 1.91. The first-order valence-corrected chi connectivity index (χ1v) is 3.31. The fourth-order valence-corrected chi connectivity index (χ4v) is 0.765. The molecule has 0 unspecified atom stereocenters. The minimum atomic E-state index is -4.18. The van der Waals surface area contributed by atoms with Crippen LogP contribution < -0.4 is 0 Å². The predicted octanol–water partition coefficient (Wildman–Crippen LogP) is 2.37. The van der Waals surface area contributed by atoms with Gasteiger partial charge in [-0.2, -0.15) is 13.2 Å². The summed E-state index contributed by atoms with van der Waals surface area (Å²) in [4.78, 5) is 3.58. The van der Waals surface area contributed by atoms with Gasteiger partial charge in [0.25, 0.3) is 0 Å². The van der Waals surface area contributed by atoms with E-state index in [0.29, 0.717) is 5.56 Å². The van der Waals surface area contributed by atoms with Crippen LogP contribution in [0.5, 0.6) is 0 Å². The minimum Gasteiger partial charge on any atom is -0.261 e. The van der Waals surface area contributed by atoms with Gasteiger partial charge in [-0.1, -0.05) is 6.07 Å². The Labute approximate surface area is 68.2 Å². The fourth-order valence-electron chi connectivity index (χ4n) is 0.765. The summed E-state index contributed by atoms with van der Waals surface area (Å²) < 4.78 is 35.4. The molecule has 0 aliphatic carbocycles. The molecule has 12 heavy (non-hydrogen) atoms. The number of halogens is 3. The van der Waals surface area contributed by atoms with E-state index in [1.165, 1.54) is 18.3 Å². The van der Waals surface area contributed by atoms with Gasteiger partial charge in [-0.05, 0) is 18.6 Å². The smallest absolute Gasteiger partial charge is 0.261 e. The first kappa shape index (κ1) is 9.03. The van der Waals surface area contributed by atoms with Crippen molar-refractivity contribution in [1.82, 2.24) is 4.98 Å². The normalized spacial score (nSPS) is 11.7. The van der Waals surface area contributed by atoms with Crippen LogP contribution in [0.4, 0.5) is 13.2 Å². The highest BCUT2D eigenvalue weighted by atomic mass is 19.4. The van der Waals surface area contributed by atoms with Crippen molar-refractivity contribution < 1.29 is 13.2 Å². The third-order valence-corrected chi connectivity index (χ3v) is 1.27. The van der Waals surface area contributed by atoms with Crippen LogP contribution in [-0.4, -0.2) is 11.2 Å². The number of pyridine rings is 1. The van der Waals surface area contributed by atoms with E-state index in [0.717, 1.165) is 0 Å². The van der Waals surface area contributed by atoms with Gasteiger partial charge in [0.1, 0.15) is 0 Å². The van der Waals surface area contributed by atoms with Gasteiger partial charge in [-0.25, -0.2) is 0 Å². The Hall–Kier alpha value is -1.06. The van der Waals surface area contributed by atoms with Crippen molar-refractivity contribution in [3.05, 3.63) is 36.5 Å². The first-order chi connectivity index (χ1) is 5.47. The van der Waals surface area contributed by atoms with E-state index in [9.17, 15) is 13.2 Å². The molecule has 0 bridgehead atoms. The molecule has 4 heteroatoms. The van der Waals surface area contributed by atoms with E-state index < -0.39 is 12.6 Å². The number of rotatable bonds is 1. The topological polar surface area (TPSA) is 12.9 Å². The lowest BCUT2D eigenvalue weighted by atomic mass is 10.2. The molecule has 1 aromatic heterocycles. The van der Waals surface area contributed by atoms with Gasteiger partial charge in [0.15, 0.2) is 0 Å². The van der Waals surface area contributed by atoms with E-state index >= 15 is 0 Å². The molecule has 1 rings (SSSR count). The maximum Gasteiger partial charge on any atom is 0.394 e. The van der Waals surface area contributed by atoms with E-state index in [-0.39, 0.29) is 5.69 Å². The maximum atomic E-state index is 11.8. The van der Waals surface area contributed by atoms with Crippen molar-refractivity contribution in [3.63, 3.8) is 0 Å². The van der Waals surface area contributed by atoms with Gasteiger partial charge < -0.3 is 0 Å². The highest BCUT2D eigenvalue weighted by Gasteiger charge is 2.28. The minimum absolute atomic E-state index is 0.0231. The Bertz CT molecular complexity index is 250. The summed E-state index contributed by atoms with van der Waals surface area (Å²) in [7, 11) is 0. The molecule has 0 saturated heterocycles. The Morgan fingerprint density at radius 2 is 2.00 bits per heavy atom. The number of nitrogens with zero attached hydrogens (tertiary/aromatic N) is 1. The largest absolute Gasteiger partial charge is 0.394 e. The van der Waals surface area contributed by atoms with Crippen LogP contribution in [0.15, 0.2) is 18.3 Å². The second-order valence-electron chi connectivity index (χ2n) is 2.45. The lowest BCUT2D eigenvalue weighted by molar-refractivity contribution is -0.127. The molecule has 0 aliphatic heterocycles. The van der Waals surface area contributed by atoms with Crippen LogP contribution in [0, 0.1) is 6.92 Å². The van der Waals surface area contributed by atoms with Crippen molar-refractivity contribution in [2.45, 2.75) is 12.6 Å². The molecule has 1 nitrogen and oxygen atoms in total. The Morgan fingerprint density at radius 1 is 1.33 bits per heavy atom. The molecule has 0 N–H and O–H groups in total. The van der Waals surface area contributed by atoms with Crippen LogP contribution in [-0.2, 0) is 6.42 Å². The van der Waals surface area contributed by atoms with Gasteiger partial charge in [-0.3, -0.25) is 4.98 Å². The molecule has 0 fully saturated rings. The van der Waals surface area contributed by atoms with E-state index in [4.69, 9.17) is 0 Å². The number of hydrogen-bond acceptors (Lipinski definition) is 1. The zero-order valence-corrected chi connectivity index (χ0v) is 6.23. The third kappa shape index (κ3) is 2.90. The summed E-state index contributed by atoms with van der Waals surface area (Å²) in [5.41, 5.74) is 0.635. The standard InChI is InChI=1S/C8H7F3N/c1-6-2-3-7(12-5-6)4-8(9,10)11/h2-3,5H,1,4H2. The van der Waals surface area contributed by atoms with Crippen LogP contribution in [0.1, 0.15) is 11.3 Å². The van der Waals surface area contributed by atoms with Crippen LogP contribution in [0.25, 0.3) is 0 Å². The lowest BCUT2D eigenvalue weighted by Gasteiger charge is -2.04. The van der Waals surface area contributed by atoms with Crippen molar-refractivity contribution >= 4 is 0 Å². The molecule has 65 valence electrons. The first-order valence-electron chi connectivity index (χ1n) is 3.31. The number of alkyl halides is 3. The molecule has 0 aliphatic rings. The van der Waals surface area contributed by atoms with Gasteiger partial charge >= 0.3 is 6.18 Å². The summed E-state index contributed by atoms with van der Waals surface area (Å²) >= 11 is 0. The summed E-state index contributed by atoms with van der Waals surface area (Å²) in [6.07, 6.45) is -3.84. The van der Waals surface area contributed by atoms with Gasteiger partial charge in [0.2, 0.25) is 0 Å². The van der Waals surface area contributed by atoms with Crippen molar-refractivity contribution in [2.75, 3.05) is 0 Å². The highest BCUT2D eigenvalue weighted by molar-refractivity contribution is 5.16. The molecular weight excluding hydrogens is 167 g/mol. The fraction of sp³-hybridized carbons (Fsp3) is 0.250. The zero-order valence-electron chi connectivity index (χ0n) is 6.23. The van der Waals surface area contributed by atoms with Crippen LogP contribution in [0.3, 0.4) is 0 Å².